The van der Waals surface area contributed by atoms with E-state index in [-0.39, 0.29) is 35.3 Å². The summed E-state index contributed by atoms with van der Waals surface area (Å²) in [6.45, 7) is -1.94. The molecule has 1 aliphatic heterocycles. The van der Waals surface area contributed by atoms with Crippen LogP contribution in [0.5, 0.6) is 5.88 Å². The number of pyridine rings is 1. The van der Waals surface area contributed by atoms with E-state index in [4.69, 9.17) is 4.74 Å². The fraction of sp³-hybridized carbons (Fsp3) is 0.471. The molecule has 0 aromatic carbocycles. The molecule has 0 aliphatic carbocycles. The summed E-state index contributed by atoms with van der Waals surface area (Å²) in [5, 5.41) is 3.57. The summed E-state index contributed by atoms with van der Waals surface area (Å²) in [4.78, 5) is 28.6. The largest absolute Gasteiger partial charge is 0.472 e. The van der Waals surface area contributed by atoms with Gasteiger partial charge in [0.25, 0.3) is 5.91 Å². The van der Waals surface area contributed by atoms with Gasteiger partial charge in [-0.25, -0.2) is 9.78 Å². The van der Waals surface area contributed by atoms with E-state index >= 15 is 0 Å². The Morgan fingerprint density at radius 2 is 2.00 bits per heavy atom. The molecule has 0 spiro atoms. The highest BCUT2D eigenvalue weighted by Gasteiger charge is 2.37. The van der Waals surface area contributed by atoms with E-state index in [1.807, 2.05) is 0 Å². The highest BCUT2D eigenvalue weighted by molar-refractivity contribution is 7.17. The molecule has 0 saturated carbocycles. The van der Waals surface area contributed by atoms with Crippen LogP contribution in [0, 0.1) is 0 Å². The van der Waals surface area contributed by atoms with E-state index in [2.05, 4.69) is 15.0 Å². The Morgan fingerprint density at radius 3 is 2.61 bits per heavy atom. The highest BCUT2D eigenvalue weighted by Crippen LogP contribution is 2.40. The molecule has 2 aromatic rings. The van der Waals surface area contributed by atoms with Crippen molar-refractivity contribution in [1.29, 1.82) is 0 Å². The quantitative estimate of drug-likeness (QED) is 0.686. The highest BCUT2D eigenvalue weighted by atomic mass is 32.1. The van der Waals surface area contributed by atoms with E-state index in [1.165, 1.54) is 12.4 Å². The van der Waals surface area contributed by atoms with Crippen LogP contribution >= 0.6 is 11.3 Å². The molecule has 1 saturated heterocycles. The number of hydrogen-bond acceptors (Lipinski definition) is 6. The zero-order valence-corrected chi connectivity index (χ0v) is 16.6. The first-order valence-electron chi connectivity index (χ1n) is 8.75. The van der Waals surface area contributed by atoms with Crippen LogP contribution < -0.4 is 10.1 Å². The fourth-order valence-corrected chi connectivity index (χ4v) is 3.97. The number of ether oxygens (including phenoxy) is 2. The van der Waals surface area contributed by atoms with Gasteiger partial charge in [0.1, 0.15) is 6.10 Å². The number of carbonyl (C=O) groups excluding carboxylic acids is 2. The molecule has 1 aliphatic rings. The Morgan fingerprint density at radius 1 is 1.29 bits per heavy atom. The van der Waals surface area contributed by atoms with Crippen LogP contribution in [0.25, 0.3) is 10.2 Å². The van der Waals surface area contributed by atoms with Crippen molar-refractivity contribution in [3.8, 4) is 5.88 Å². The van der Waals surface area contributed by atoms with Crippen molar-refractivity contribution in [2.75, 3.05) is 26.7 Å². The smallest absolute Gasteiger partial charge is 0.422 e. The number of halogens is 6. The molecule has 2 aromatic heterocycles. The molecule has 170 valence electrons. The van der Waals surface area contributed by atoms with Gasteiger partial charge in [0, 0.05) is 31.5 Å². The van der Waals surface area contributed by atoms with E-state index < -0.39 is 48.5 Å². The SMILES string of the molecule is CNC(=O)c1csc2c(C(F)(F)F)cc(O[C@H]3CCN(C(=O)OCC(F)(F)F)C3)nc12. The number of hydrogen-bond donors (Lipinski definition) is 1. The van der Waals surface area contributed by atoms with Crippen LogP contribution in [0.3, 0.4) is 0 Å². The predicted molar refractivity (Wildman–Crippen MR) is 96.0 cm³/mol. The zero-order chi connectivity index (χ0) is 23.0. The second-order valence-corrected chi connectivity index (χ2v) is 7.44. The Labute approximate surface area is 174 Å². The summed E-state index contributed by atoms with van der Waals surface area (Å²) >= 11 is 0.714. The van der Waals surface area contributed by atoms with Gasteiger partial charge in [-0.1, -0.05) is 0 Å². The maximum absolute atomic E-state index is 13.5. The first-order chi connectivity index (χ1) is 14.4. The van der Waals surface area contributed by atoms with E-state index in [0.717, 1.165) is 4.90 Å². The van der Waals surface area contributed by atoms with Gasteiger partial charge in [0.05, 0.1) is 27.9 Å². The normalized spacial score (nSPS) is 17.1. The summed E-state index contributed by atoms with van der Waals surface area (Å²) in [6.07, 6.45) is -11.3. The van der Waals surface area contributed by atoms with Crippen LogP contribution in [-0.2, 0) is 10.9 Å². The summed E-state index contributed by atoms with van der Waals surface area (Å²) in [6, 6.07) is 0.692. The molecule has 7 nitrogen and oxygen atoms in total. The van der Waals surface area contributed by atoms with Crippen LogP contribution in [0.2, 0.25) is 0 Å². The van der Waals surface area contributed by atoms with Crippen LogP contribution in [0.15, 0.2) is 11.4 Å². The van der Waals surface area contributed by atoms with Gasteiger partial charge in [-0.15, -0.1) is 11.3 Å². The lowest BCUT2D eigenvalue weighted by molar-refractivity contribution is -0.162. The zero-order valence-electron chi connectivity index (χ0n) is 15.8. The summed E-state index contributed by atoms with van der Waals surface area (Å²) < 4.78 is 86.4. The molecule has 1 fully saturated rings. The Hall–Kier alpha value is -2.77. The molecule has 3 heterocycles. The van der Waals surface area contributed by atoms with Crippen LogP contribution in [0.4, 0.5) is 31.1 Å². The van der Waals surface area contributed by atoms with E-state index in [0.29, 0.717) is 17.4 Å². The van der Waals surface area contributed by atoms with Crippen LogP contribution in [-0.4, -0.2) is 60.9 Å². The van der Waals surface area contributed by atoms with E-state index in [9.17, 15) is 35.9 Å². The lowest BCUT2D eigenvalue weighted by Crippen LogP contribution is -2.33. The third-order valence-corrected chi connectivity index (χ3v) is 5.33. The van der Waals surface area contributed by atoms with Crippen molar-refractivity contribution >= 4 is 33.6 Å². The second kappa shape index (κ2) is 8.40. The third kappa shape index (κ3) is 5.29. The molecule has 31 heavy (non-hydrogen) atoms. The minimum Gasteiger partial charge on any atom is -0.472 e. The van der Waals surface area contributed by atoms with Gasteiger partial charge in [-0.2, -0.15) is 26.3 Å². The van der Waals surface area contributed by atoms with Gasteiger partial charge in [0.15, 0.2) is 6.61 Å². The lowest BCUT2D eigenvalue weighted by atomic mass is 10.2. The number of thiophene rings is 1. The molecular weight excluding hydrogens is 456 g/mol. The monoisotopic (exact) mass is 471 g/mol. The van der Waals surface area contributed by atoms with Gasteiger partial charge in [0.2, 0.25) is 5.88 Å². The number of alkyl halides is 6. The summed E-state index contributed by atoms with van der Waals surface area (Å²) in [7, 11) is 1.32. The van der Waals surface area contributed by atoms with Crippen molar-refractivity contribution in [3.05, 3.63) is 22.6 Å². The number of nitrogens with one attached hydrogen (secondary N) is 1. The van der Waals surface area contributed by atoms with Gasteiger partial charge in [-0.05, 0) is 0 Å². The van der Waals surface area contributed by atoms with Gasteiger partial charge < -0.3 is 19.7 Å². The topological polar surface area (TPSA) is 80.8 Å². The van der Waals surface area contributed by atoms with Gasteiger partial charge >= 0.3 is 18.4 Å². The Kier molecular flexibility index (Phi) is 6.21. The number of nitrogens with zero attached hydrogens (tertiary/aromatic N) is 2. The van der Waals surface area contributed by atoms with Crippen molar-refractivity contribution in [1.82, 2.24) is 15.2 Å². The Balaban J connectivity index is 1.80. The van der Waals surface area contributed by atoms with Crippen molar-refractivity contribution < 1.29 is 45.4 Å². The molecule has 0 unspecified atom stereocenters. The van der Waals surface area contributed by atoms with Crippen molar-refractivity contribution in [3.63, 3.8) is 0 Å². The average molecular weight is 471 g/mol. The Bertz CT molecular complexity index is 991. The number of likely N-dealkylation sites (tertiary alicyclic amines) is 1. The lowest BCUT2D eigenvalue weighted by Gasteiger charge is -2.18. The molecule has 14 heteroatoms. The van der Waals surface area contributed by atoms with Crippen molar-refractivity contribution in [2.45, 2.75) is 24.9 Å². The number of carbonyl (C=O) groups is 2. The average Bonchev–Trinajstić information content (AvgIpc) is 3.30. The molecular formula is C17H15F6N3O4S. The number of aromatic nitrogens is 1. The number of amides is 2. The standard InChI is InChI=1S/C17H15F6N3O4S/c1-24-14(27)9-6-31-13-10(17(21,22)23)4-11(25-12(9)13)30-8-2-3-26(5-8)15(28)29-7-16(18,19)20/h4,6,8H,2-3,5,7H2,1H3,(H,24,27)/t8-/m0/s1. The minimum atomic E-state index is -4.74. The first-order valence-corrected chi connectivity index (χ1v) is 9.63. The second-order valence-electron chi connectivity index (χ2n) is 6.56. The van der Waals surface area contributed by atoms with Crippen molar-refractivity contribution in [2.24, 2.45) is 0 Å². The summed E-state index contributed by atoms with van der Waals surface area (Å²) in [5.41, 5.74) is -1.28. The van der Waals surface area contributed by atoms with E-state index in [1.54, 1.807) is 0 Å². The molecule has 0 bridgehead atoms. The predicted octanol–water partition coefficient (Wildman–Crippen LogP) is 3.83. The number of fused-ring (bicyclic) bond motifs is 1. The minimum absolute atomic E-state index is 0.00231. The third-order valence-electron chi connectivity index (χ3n) is 4.33. The maximum Gasteiger partial charge on any atom is 0.422 e. The summed E-state index contributed by atoms with van der Waals surface area (Å²) in [5.74, 6) is -1.04. The molecule has 3 rings (SSSR count). The number of rotatable bonds is 4. The molecule has 1 N–H and O–H groups in total. The first kappa shape index (κ1) is 22.9. The molecule has 2 amide bonds. The molecule has 1 atom stereocenters. The van der Waals surface area contributed by atoms with Gasteiger partial charge in [-0.3, -0.25) is 4.79 Å². The fourth-order valence-electron chi connectivity index (χ4n) is 2.95. The maximum atomic E-state index is 13.5. The molecule has 0 radical (unpaired) electrons. The van der Waals surface area contributed by atoms with Crippen LogP contribution in [0.1, 0.15) is 22.3 Å².